The maximum absolute atomic E-state index is 11.5. The highest BCUT2D eigenvalue weighted by Gasteiger charge is 2.19. The molecule has 3 aromatic carbocycles. The summed E-state index contributed by atoms with van der Waals surface area (Å²) in [7, 11) is 5.62. The van der Waals surface area contributed by atoms with Gasteiger partial charge in [0, 0.05) is 12.4 Å². The minimum Gasteiger partial charge on any atom is -0.493 e. The second kappa shape index (κ2) is 11.4. The van der Waals surface area contributed by atoms with Crippen LogP contribution in [0.3, 0.4) is 0 Å². The van der Waals surface area contributed by atoms with E-state index in [1.165, 1.54) is 65.1 Å². The number of nitro groups is 2. The molecule has 0 saturated carbocycles. The second-order valence-corrected chi connectivity index (χ2v) is 7.08. The van der Waals surface area contributed by atoms with Gasteiger partial charge >= 0.3 is 0 Å². The minimum atomic E-state index is -0.542. The summed E-state index contributed by atoms with van der Waals surface area (Å²) in [5.74, 6) is 1.09. The Morgan fingerprint density at radius 1 is 0.639 bits per heavy atom. The molecule has 3 aromatic rings. The molecule has 0 atom stereocenters. The second-order valence-electron chi connectivity index (χ2n) is 7.08. The van der Waals surface area contributed by atoms with Gasteiger partial charge in [0.2, 0.25) is 0 Å². The van der Waals surface area contributed by atoms with Crippen molar-refractivity contribution >= 4 is 35.2 Å². The van der Waals surface area contributed by atoms with Crippen molar-refractivity contribution < 1.29 is 28.8 Å². The van der Waals surface area contributed by atoms with E-state index >= 15 is 0 Å². The largest absolute Gasteiger partial charge is 0.493 e. The van der Waals surface area contributed by atoms with Gasteiger partial charge in [-0.2, -0.15) is 0 Å². The van der Waals surface area contributed by atoms with Gasteiger partial charge in [0.05, 0.1) is 72.9 Å². The van der Waals surface area contributed by atoms with E-state index in [2.05, 4.69) is 9.98 Å². The summed E-state index contributed by atoms with van der Waals surface area (Å²) < 4.78 is 20.7. The number of aliphatic imine (C=N–C) groups is 2. The van der Waals surface area contributed by atoms with Crippen molar-refractivity contribution in [1.29, 1.82) is 0 Å². The third kappa shape index (κ3) is 5.73. The molecule has 0 N–H and O–H groups in total. The predicted molar refractivity (Wildman–Crippen MR) is 133 cm³/mol. The molecule has 12 nitrogen and oxygen atoms in total. The van der Waals surface area contributed by atoms with Gasteiger partial charge in [0.1, 0.15) is 0 Å². The first-order chi connectivity index (χ1) is 17.3. The molecular weight excluding hydrogens is 472 g/mol. The van der Waals surface area contributed by atoms with E-state index in [0.717, 1.165) is 0 Å². The summed E-state index contributed by atoms with van der Waals surface area (Å²) in [4.78, 5) is 30.6. The molecule has 0 amide bonds. The van der Waals surface area contributed by atoms with E-state index < -0.39 is 9.85 Å². The number of rotatable bonds is 10. The highest BCUT2D eigenvalue weighted by Crippen LogP contribution is 2.35. The monoisotopic (exact) mass is 494 g/mol. The molecule has 0 aliphatic rings. The maximum Gasteiger partial charge on any atom is 0.282 e. The zero-order valence-electron chi connectivity index (χ0n) is 19.8. The van der Waals surface area contributed by atoms with E-state index in [4.69, 9.17) is 18.9 Å². The molecule has 0 aromatic heterocycles. The number of hydrogen-bond acceptors (Lipinski definition) is 10. The SMILES string of the molecule is COc1cc(C=Nc2cccc(N=Cc3cc(OC)c(OC)cc3[N+](=O)[O-])c2)c([N+](=O)[O-])cc1OC. The van der Waals surface area contributed by atoms with Crippen LogP contribution in [0.1, 0.15) is 11.1 Å². The van der Waals surface area contributed by atoms with Crippen molar-refractivity contribution in [3.8, 4) is 23.0 Å². The summed E-state index contributed by atoms with van der Waals surface area (Å²) in [5.41, 5.74) is 0.934. The van der Waals surface area contributed by atoms with E-state index in [9.17, 15) is 20.2 Å². The molecule has 36 heavy (non-hydrogen) atoms. The third-order valence-electron chi connectivity index (χ3n) is 4.99. The lowest BCUT2D eigenvalue weighted by Gasteiger charge is -2.08. The quantitative estimate of drug-likeness (QED) is 0.216. The van der Waals surface area contributed by atoms with Crippen LogP contribution < -0.4 is 18.9 Å². The van der Waals surface area contributed by atoms with Gasteiger partial charge in [0.15, 0.2) is 23.0 Å². The summed E-state index contributed by atoms with van der Waals surface area (Å²) in [6, 6.07) is 12.1. The summed E-state index contributed by atoms with van der Waals surface area (Å²) in [6.07, 6.45) is 2.67. The van der Waals surface area contributed by atoms with Crippen molar-refractivity contribution in [3.63, 3.8) is 0 Å². The van der Waals surface area contributed by atoms with Crippen LogP contribution in [-0.2, 0) is 0 Å². The first-order valence-corrected chi connectivity index (χ1v) is 10.3. The molecule has 0 heterocycles. The summed E-state index contributed by atoms with van der Waals surface area (Å²) in [6.45, 7) is 0. The van der Waals surface area contributed by atoms with Gasteiger partial charge in [0.25, 0.3) is 11.4 Å². The highest BCUT2D eigenvalue weighted by molar-refractivity contribution is 5.90. The zero-order valence-corrected chi connectivity index (χ0v) is 19.8. The molecule has 0 unspecified atom stereocenters. The molecule has 12 heteroatoms. The Balaban J connectivity index is 1.94. The topological polar surface area (TPSA) is 148 Å². The van der Waals surface area contributed by atoms with Crippen molar-refractivity contribution in [1.82, 2.24) is 0 Å². The first-order valence-electron chi connectivity index (χ1n) is 10.3. The molecule has 0 aliphatic heterocycles. The van der Waals surface area contributed by atoms with Crippen LogP contribution in [0, 0.1) is 20.2 Å². The van der Waals surface area contributed by atoms with Crippen molar-refractivity contribution in [2.45, 2.75) is 0 Å². The van der Waals surface area contributed by atoms with E-state index in [1.807, 2.05) is 0 Å². The van der Waals surface area contributed by atoms with Crippen LogP contribution in [0.5, 0.6) is 23.0 Å². The molecule has 0 radical (unpaired) electrons. The molecule has 0 fully saturated rings. The molecule has 3 rings (SSSR count). The van der Waals surface area contributed by atoms with Gasteiger partial charge in [-0.3, -0.25) is 30.2 Å². The van der Waals surface area contributed by atoms with Crippen LogP contribution in [-0.4, -0.2) is 50.7 Å². The fourth-order valence-electron chi connectivity index (χ4n) is 3.23. The summed E-state index contributed by atoms with van der Waals surface area (Å²) in [5, 5.41) is 23.0. The lowest BCUT2D eigenvalue weighted by Crippen LogP contribution is -1.98. The lowest BCUT2D eigenvalue weighted by atomic mass is 10.1. The Morgan fingerprint density at radius 2 is 1.00 bits per heavy atom. The number of nitro benzene ring substituents is 2. The number of nitrogens with zero attached hydrogens (tertiary/aromatic N) is 4. The minimum absolute atomic E-state index is 0.202. The average Bonchev–Trinajstić information content (AvgIpc) is 2.89. The van der Waals surface area contributed by atoms with Gasteiger partial charge < -0.3 is 18.9 Å². The van der Waals surface area contributed by atoms with Gasteiger partial charge in [-0.15, -0.1) is 0 Å². The Bertz CT molecular complexity index is 1260. The standard InChI is InChI=1S/C24H22N4O8/c1-33-21-8-15(19(27(29)30)11-23(21)35-3)13-25-17-6-5-7-18(10-17)26-14-16-9-22(34-2)24(36-4)12-20(16)28(31)32/h5-14H,1-4H3. The molecule has 0 aliphatic carbocycles. The van der Waals surface area contributed by atoms with Crippen LogP contribution in [0.25, 0.3) is 0 Å². The zero-order chi connectivity index (χ0) is 26.2. The first kappa shape index (κ1) is 25.6. The van der Waals surface area contributed by atoms with Gasteiger partial charge in [-0.25, -0.2) is 0 Å². The van der Waals surface area contributed by atoms with Crippen molar-refractivity contribution in [3.05, 3.63) is 79.9 Å². The molecule has 0 bridgehead atoms. The smallest absolute Gasteiger partial charge is 0.282 e. The van der Waals surface area contributed by atoms with E-state index in [1.54, 1.807) is 24.3 Å². The van der Waals surface area contributed by atoms with Crippen molar-refractivity contribution in [2.24, 2.45) is 9.98 Å². The average molecular weight is 494 g/mol. The maximum atomic E-state index is 11.5. The van der Waals surface area contributed by atoms with Crippen molar-refractivity contribution in [2.75, 3.05) is 28.4 Å². The third-order valence-corrected chi connectivity index (χ3v) is 4.99. The van der Waals surface area contributed by atoms with E-state index in [-0.39, 0.29) is 34.0 Å². The van der Waals surface area contributed by atoms with Crippen LogP contribution in [0.15, 0.2) is 58.5 Å². The molecule has 186 valence electrons. The lowest BCUT2D eigenvalue weighted by molar-refractivity contribution is -0.385. The molecule has 0 spiro atoms. The fraction of sp³-hybridized carbons (Fsp3) is 0.167. The predicted octanol–water partition coefficient (Wildman–Crippen LogP) is 5.04. The molecule has 0 saturated heterocycles. The Kier molecular flexibility index (Phi) is 8.13. The van der Waals surface area contributed by atoms with Crippen LogP contribution in [0.4, 0.5) is 22.7 Å². The Morgan fingerprint density at radius 3 is 1.33 bits per heavy atom. The Hall–Kier alpha value is -5.00. The number of benzene rings is 3. The van der Waals surface area contributed by atoms with Gasteiger partial charge in [-0.05, 0) is 30.3 Å². The van der Waals surface area contributed by atoms with Gasteiger partial charge in [-0.1, -0.05) is 6.07 Å². The van der Waals surface area contributed by atoms with Crippen LogP contribution >= 0.6 is 0 Å². The molecular formula is C24H22N4O8. The highest BCUT2D eigenvalue weighted by atomic mass is 16.6. The van der Waals surface area contributed by atoms with E-state index in [0.29, 0.717) is 22.9 Å². The Labute approximate surface area is 205 Å². The normalized spacial score (nSPS) is 11.0. The summed E-state index contributed by atoms with van der Waals surface area (Å²) >= 11 is 0. The van der Waals surface area contributed by atoms with Crippen LogP contribution in [0.2, 0.25) is 0 Å². The number of hydrogen-bond donors (Lipinski definition) is 0. The number of methoxy groups -OCH3 is 4. The number of ether oxygens (including phenoxy) is 4. The fourth-order valence-corrected chi connectivity index (χ4v) is 3.23.